The molecular formula is C15H24BrFN4. The Kier molecular flexibility index (Phi) is 6.13. The van der Waals surface area contributed by atoms with Crippen LogP contribution in [0.1, 0.15) is 12.0 Å². The molecule has 1 heterocycles. The molecule has 1 saturated heterocycles. The Balaban J connectivity index is 1.99. The molecule has 118 valence electrons. The molecule has 1 aromatic rings. The van der Waals surface area contributed by atoms with E-state index in [0.29, 0.717) is 18.0 Å². The Morgan fingerprint density at radius 3 is 2.86 bits per heavy atom. The quantitative estimate of drug-likeness (QED) is 0.619. The van der Waals surface area contributed by atoms with Crippen LogP contribution in [-0.2, 0) is 6.42 Å². The van der Waals surface area contributed by atoms with Crippen molar-refractivity contribution in [2.75, 3.05) is 33.7 Å². The average molecular weight is 359 g/mol. The molecular weight excluding hydrogens is 335 g/mol. The van der Waals surface area contributed by atoms with Gasteiger partial charge in [0.05, 0.1) is 0 Å². The van der Waals surface area contributed by atoms with Crippen LogP contribution in [0, 0.1) is 5.82 Å². The molecule has 1 aromatic carbocycles. The Bertz CT molecular complexity index is 471. The van der Waals surface area contributed by atoms with Crippen LogP contribution >= 0.6 is 15.9 Å². The first-order valence-electron chi connectivity index (χ1n) is 7.28. The highest BCUT2D eigenvalue weighted by atomic mass is 79.9. The molecule has 0 amide bonds. The van der Waals surface area contributed by atoms with Gasteiger partial charge in [-0.1, -0.05) is 22.0 Å². The molecule has 6 heteroatoms. The van der Waals surface area contributed by atoms with Crippen molar-refractivity contribution in [2.24, 2.45) is 5.84 Å². The van der Waals surface area contributed by atoms with Gasteiger partial charge >= 0.3 is 0 Å². The molecule has 4 nitrogen and oxygen atoms in total. The summed E-state index contributed by atoms with van der Waals surface area (Å²) in [5.74, 6) is 5.50. The third kappa shape index (κ3) is 4.72. The van der Waals surface area contributed by atoms with Gasteiger partial charge in [-0.15, -0.1) is 0 Å². The molecule has 0 saturated carbocycles. The van der Waals surface area contributed by atoms with Crippen molar-refractivity contribution >= 4 is 15.9 Å². The summed E-state index contributed by atoms with van der Waals surface area (Å²) in [5.41, 5.74) is 3.55. The van der Waals surface area contributed by atoms with Gasteiger partial charge in [0.1, 0.15) is 5.82 Å². The average Bonchev–Trinajstić information content (AvgIpc) is 2.44. The van der Waals surface area contributed by atoms with Crippen LogP contribution in [0.2, 0.25) is 0 Å². The highest BCUT2D eigenvalue weighted by Gasteiger charge is 2.25. The molecule has 2 rings (SSSR count). The van der Waals surface area contributed by atoms with Crippen molar-refractivity contribution < 1.29 is 4.39 Å². The summed E-state index contributed by atoms with van der Waals surface area (Å²) in [4.78, 5) is 4.70. The summed E-state index contributed by atoms with van der Waals surface area (Å²) in [5, 5.41) is 0. The topological polar surface area (TPSA) is 44.5 Å². The minimum absolute atomic E-state index is 0.0691. The predicted octanol–water partition coefficient (Wildman–Crippen LogP) is 1.60. The number of halogens is 2. The lowest BCUT2D eigenvalue weighted by molar-refractivity contribution is 0.101. The molecule has 0 aromatic heterocycles. The molecule has 0 aliphatic carbocycles. The van der Waals surface area contributed by atoms with Crippen molar-refractivity contribution in [3.05, 3.63) is 34.1 Å². The summed E-state index contributed by atoms with van der Waals surface area (Å²) in [6.07, 6.45) is 1.51. The van der Waals surface area contributed by atoms with Gasteiger partial charge in [0, 0.05) is 36.2 Å². The number of nitrogens with zero attached hydrogens (tertiary/aromatic N) is 2. The SMILES string of the molecule is CN1CCN(C)C(CC(Cc2ccc(Br)cc2F)NN)C1. The lowest BCUT2D eigenvalue weighted by atomic mass is 9.97. The van der Waals surface area contributed by atoms with Crippen LogP contribution in [-0.4, -0.2) is 55.6 Å². The first kappa shape index (κ1) is 16.8. The van der Waals surface area contributed by atoms with Crippen LogP contribution in [0.15, 0.2) is 22.7 Å². The van der Waals surface area contributed by atoms with E-state index < -0.39 is 0 Å². The molecule has 0 bridgehead atoms. The van der Waals surface area contributed by atoms with Crippen molar-refractivity contribution in [1.29, 1.82) is 0 Å². The first-order valence-corrected chi connectivity index (χ1v) is 8.07. The second-order valence-corrected chi connectivity index (χ2v) is 6.85. The van der Waals surface area contributed by atoms with E-state index in [1.807, 2.05) is 12.1 Å². The van der Waals surface area contributed by atoms with Gasteiger partial charge in [-0.05, 0) is 44.6 Å². The van der Waals surface area contributed by atoms with Crippen LogP contribution in [0.25, 0.3) is 0 Å². The fourth-order valence-electron chi connectivity index (χ4n) is 2.85. The van der Waals surface area contributed by atoms with E-state index in [-0.39, 0.29) is 11.9 Å². The molecule has 1 fully saturated rings. The monoisotopic (exact) mass is 358 g/mol. The largest absolute Gasteiger partial charge is 0.304 e. The smallest absolute Gasteiger partial charge is 0.127 e. The Morgan fingerprint density at radius 1 is 1.43 bits per heavy atom. The Labute approximate surface area is 134 Å². The maximum Gasteiger partial charge on any atom is 0.127 e. The predicted molar refractivity (Wildman–Crippen MR) is 87.4 cm³/mol. The van der Waals surface area contributed by atoms with Gasteiger partial charge in [-0.25, -0.2) is 4.39 Å². The van der Waals surface area contributed by atoms with Gasteiger partial charge in [-0.3, -0.25) is 11.3 Å². The van der Waals surface area contributed by atoms with E-state index in [2.05, 4.69) is 45.3 Å². The van der Waals surface area contributed by atoms with Crippen molar-refractivity contribution in [2.45, 2.75) is 24.9 Å². The second-order valence-electron chi connectivity index (χ2n) is 5.94. The first-order chi connectivity index (χ1) is 9.99. The second kappa shape index (κ2) is 7.65. The number of nitrogens with one attached hydrogen (secondary N) is 1. The number of likely N-dealkylation sites (N-methyl/N-ethyl adjacent to an activating group) is 2. The van der Waals surface area contributed by atoms with Crippen molar-refractivity contribution in [3.63, 3.8) is 0 Å². The maximum atomic E-state index is 13.9. The summed E-state index contributed by atoms with van der Waals surface area (Å²) in [6, 6.07) is 5.71. The lowest BCUT2D eigenvalue weighted by Crippen LogP contribution is -2.53. The maximum absolute atomic E-state index is 13.9. The van der Waals surface area contributed by atoms with Gasteiger partial charge < -0.3 is 9.80 Å². The zero-order valence-electron chi connectivity index (χ0n) is 12.6. The third-order valence-corrected chi connectivity index (χ3v) is 4.75. The van der Waals surface area contributed by atoms with Crippen LogP contribution in [0.4, 0.5) is 4.39 Å². The highest BCUT2D eigenvalue weighted by molar-refractivity contribution is 9.10. The van der Waals surface area contributed by atoms with E-state index in [9.17, 15) is 4.39 Å². The van der Waals surface area contributed by atoms with E-state index in [0.717, 1.165) is 30.5 Å². The molecule has 0 spiro atoms. The number of hydrazine groups is 1. The number of benzene rings is 1. The molecule has 21 heavy (non-hydrogen) atoms. The van der Waals surface area contributed by atoms with Crippen LogP contribution in [0.3, 0.4) is 0 Å². The number of nitrogens with two attached hydrogens (primary N) is 1. The zero-order chi connectivity index (χ0) is 15.4. The fourth-order valence-corrected chi connectivity index (χ4v) is 3.18. The molecule has 1 aliphatic rings. The highest BCUT2D eigenvalue weighted by Crippen LogP contribution is 2.19. The van der Waals surface area contributed by atoms with Crippen molar-refractivity contribution in [1.82, 2.24) is 15.2 Å². The normalized spacial score (nSPS) is 22.4. The summed E-state index contributed by atoms with van der Waals surface area (Å²) in [6.45, 7) is 3.18. The summed E-state index contributed by atoms with van der Waals surface area (Å²) >= 11 is 3.28. The van der Waals surface area contributed by atoms with Crippen LogP contribution < -0.4 is 11.3 Å². The summed E-state index contributed by atoms with van der Waals surface area (Å²) < 4.78 is 14.7. The van der Waals surface area contributed by atoms with E-state index in [1.54, 1.807) is 0 Å². The number of hydrogen-bond donors (Lipinski definition) is 2. The summed E-state index contributed by atoms with van der Waals surface area (Å²) in [7, 11) is 4.28. The lowest BCUT2D eigenvalue weighted by Gasteiger charge is -2.39. The Morgan fingerprint density at radius 2 is 2.19 bits per heavy atom. The molecule has 0 radical (unpaired) electrons. The van der Waals surface area contributed by atoms with Crippen LogP contribution in [0.5, 0.6) is 0 Å². The number of hydrogen-bond acceptors (Lipinski definition) is 4. The molecule has 1 aliphatic heterocycles. The van der Waals surface area contributed by atoms with Gasteiger partial charge in [0.25, 0.3) is 0 Å². The fraction of sp³-hybridized carbons (Fsp3) is 0.600. The van der Waals surface area contributed by atoms with Gasteiger partial charge in [-0.2, -0.15) is 0 Å². The molecule has 3 N–H and O–H groups in total. The Hall–Kier alpha value is -0.530. The van der Waals surface area contributed by atoms with E-state index in [1.165, 1.54) is 6.07 Å². The zero-order valence-corrected chi connectivity index (χ0v) is 14.2. The van der Waals surface area contributed by atoms with E-state index >= 15 is 0 Å². The minimum atomic E-state index is -0.182. The van der Waals surface area contributed by atoms with Crippen molar-refractivity contribution in [3.8, 4) is 0 Å². The minimum Gasteiger partial charge on any atom is -0.304 e. The standard InChI is InChI=1S/C15H24BrFN4/c1-20-5-6-21(2)14(10-20)9-13(19-18)7-11-3-4-12(16)8-15(11)17/h3-4,8,13-14,19H,5-7,9-10,18H2,1-2H3. The van der Waals surface area contributed by atoms with E-state index in [4.69, 9.17) is 5.84 Å². The van der Waals surface area contributed by atoms with Gasteiger partial charge in [0.2, 0.25) is 0 Å². The number of rotatable bonds is 5. The molecule has 2 atom stereocenters. The molecule has 2 unspecified atom stereocenters. The van der Waals surface area contributed by atoms with Gasteiger partial charge in [0.15, 0.2) is 0 Å². The third-order valence-electron chi connectivity index (χ3n) is 4.25. The number of piperazine rings is 1.